The second kappa shape index (κ2) is 5.90. The first kappa shape index (κ1) is 15.9. The molecule has 0 spiro atoms. The zero-order valence-electron chi connectivity index (χ0n) is 11.5. The third-order valence-corrected chi connectivity index (χ3v) is 5.02. The molecule has 0 bridgehead atoms. The van der Waals surface area contributed by atoms with Crippen LogP contribution in [-0.4, -0.2) is 45.1 Å². The molecule has 0 aliphatic heterocycles. The first-order valence-corrected chi connectivity index (χ1v) is 8.26. The summed E-state index contributed by atoms with van der Waals surface area (Å²) < 4.78 is 33.0. The highest BCUT2D eigenvalue weighted by atomic mass is 32.2. The molecule has 1 aliphatic rings. The minimum absolute atomic E-state index is 0.0521. The molecule has 1 unspecified atom stereocenters. The van der Waals surface area contributed by atoms with Gasteiger partial charge < -0.3 is 9.47 Å². The Bertz CT molecular complexity index is 435. The second-order valence-electron chi connectivity index (χ2n) is 4.72. The van der Waals surface area contributed by atoms with E-state index in [1.165, 1.54) is 0 Å². The lowest BCUT2D eigenvalue weighted by Gasteiger charge is -2.24. The number of carbonyl (C=O) groups excluding carboxylic acids is 2. The minimum atomic E-state index is -3.29. The number of hydrogen-bond donors (Lipinski definition) is 0. The molecule has 0 saturated heterocycles. The Morgan fingerprint density at radius 3 is 1.95 bits per heavy atom. The monoisotopic (exact) mass is 292 g/mol. The molecule has 1 saturated carbocycles. The van der Waals surface area contributed by atoms with Crippen molar-refractivity contribution in [2.45, 2.75) is 38.4 Å². The number of hydrogen-bond acceptors (Lipinski definition) is 6. The van der Waals surface area contributed by atoms with Crippen LogP contribution in [0.1, 0.15) is 33.1 Å². The highest BCUT2D eigenvalue weighted by Crippen LogP contribution is 2.43. The molecule has 7 heteroatoms. The number of ether oxygens (including phenoxy) is 2. The molecule has 1 rings (SSSR count). The number of sulfone groups is 1. The number of carbonyl (C=O) groups is 2. The van der Waals surface area contributed by atoms with Crippen LogP contribution in [0.4, 0.5) is 0 Å². The van der Waals surface area contributed by atoms with E-state index in [0.29, 0.717) is 0 Å². The average molecular weight is 292 g/mol. The van der Waals surface area contributed by atoms with Crippen LogP contribution in [-0.2, 0) is 28.9 Å². The third-order valence-electron chi connectivity index (χ3n) is 3.41. The molecule has 6 nitrogen and oxygen atoms in total. The first-order chi connectivity index (χ1) is 8.78. The van der Waals surface area contributed by atoms with Gasteiger partial charge in [-0.2, -0.15) is 0 Å². The Balaban J connectivity index is 3.03. The maximum atomic E-state index is 12.0. The normalized spacial score (nSPS) is 21.9. The van der Waals surface area contributed by atoms with Gasteiger partial charge in [-0.05, 0) is 33.1 Å². The molecule has 0 aromatic heterocycles. The van der Waals surface area contributed by atoms with E-state index in [0.717, 1.165) is 6.26 Å². The summed E-state index contributed by atoms with van der Waals surface area (Å²) in [6, 6.07) is 0. The third kappa shape index (κ3) is 3.26. The van der Waals surface area contributed by atoms with E-state index in [-0.39, 0.29) is 32.5 Å². The smallest absolute Gasteiger partial charge is 0.323 e. The van der Waals surface area contributed by atoms with Crippen LogP contribution in [0.15, 0.2) is 0 Å². The predicted molar refractivity (Wildman–Crippen MR) is 68.2 cm³/mol. The molecule has 0 aromatic rings. The van der Waals surface area contributed by atoms with Crippen LogP contribution in [0.3, 0.4) is 0 Å². The van der Waals surface area contributed by atoms with Gasteiger partial charge in [-0.3, -0.25) is 9.59 Å². The second-order valence-corrected chi connectivity index (χ2v) is 7.04. The van der Waals surface area contributed by atoms with Crippen molar-refractivity contribution >= 4 is 21.8 Å². The maximum absolute atomic E-state index is 12.0. The van der Waals surface area contributed by atoms with Crippen LogP contribution in [0.25, 0.3) is 0 Å². The van der Waals surface area contributed by atoms with Crippen molar-refractivity contribution in [3.63, 3.8) is 0 Å². The maximum Gasteiger partial charge on any atom is 0.323 e. The fourth-order valence-corrected chi connectivity index (χ4v) is 3.49. The van der Waals surface area contributed by atoms with Crippen LogP contribution in [0, 0.1) is 5.41 Å². The first-order valence-electron chi connectivity index (χ1n) is 6.31. The summed E-state index contributed by atoms with van der Waals surface area (Å²) in [5, 5.41) is -0.693. The van der Waals surface area contributed by atoms with Crippen LogP contribution >= 0.6 is 0 Å². The van der Waals surface area contributed by atoms with E-state index in [1.807, 2.05) is 0 Å². The van der Waals surface area contributed by atoms with Crippen LogP contribution in [0.2, 0.25) is 0 Å². The van der Waals surface area contributed by atoms with Gasteiger partial charge in [0.2, 0.25) is 0 Å². The summed E-state index contributed by atoms with van der Waals surface area (Å²) in [6.07, 6.45) is 1.49. The summed E-state index contributed by atoms with van der Waals surface area (Å²) in [5.41, 5.74) is -1.46. The molecule has 19 heavy (non-hydrogen) atoms. The Morgan fingerprint density at radius 2 is 1.63 bits per heavy atom. The van der Waals surface area contributed by atoms with Crippen molar-refractivity contribution in [1.29, 1.82) is 0 Å². The summed E-state index contributed by atoms with van der Waals surface area (Å²) in [4.78, 5) is 24.1. The van der Waals surface area contributed by atoms with Crippen molar-refractivity contribution in [2.24, 2.45) is 5.41 Å². The van der Waals surface area contributed by atoms with E-state index in [9.17, 15) is 18.0 Å². The Hall–Kier alpha value is -1.11. The molecule has 0 heterocycles. The van der Waals surface area contributed by atoms with Crippen molar-refractivity contribution in [3.8, 4) is 0 Å². The van der Waals surface area contributed by atoms with Gasteiger partial charge in [-0.25, -0.2) is 8.42 Å². The van der Waals surface area contributed by atoms with Gasteiger partial charge in [0.1, 0.15) is 9.84 Å². The molecule has 0 radical (unpaired) electrons. The van der Waals surface area contributed by atoms with Crippen molar-refractivity contribution in [2.75, 3.05) is 19.5 Å². The summed E-state index contributed by atoms with van der Waals surface area (Å²) in [7, 11) is -3.29. The van der Waals surface area contributed by atoms with Gasteiger partial charge in [-0.1, -0.05) is 0 Å². The Morgan fingerprint density at radius 1 is 1.16 bits per heavy atom. The topological polar surface area (TPSA) is 86.7 Å². The number of rotatable bonds is 5. The quantitative estimate of drug-likeness (QED) is 0.547. The van der Waals surface area contributed by atoms with Crippen molar-refractivity contribution in [3.05, 3.63) is 0 Å². The Kier molecular flexibility index (Phi) is 4.95. The van der Waals surface area contributed by atoms with E-state index in [4.69, 9.17) is 9.47 Å². The average Bonchev–Trinajstić information content (AvgIpc) is 2.75. The predicted octanol–water partition coefficient (Wildman–Crippen LogP) is 0.696. The SMILES string of the molecule is CCOC(=O)C1(C(=O)OCC)CCC(S(C)(=O)=O)C1. The van der Waals surface area contributed by atoms with Crippen molar-refractivity contribution < 1.29 is 27.5 Å². The molecule has 1 atom stereocenters. The molecule has 1 aliphatic carbocycles. The Labute approximate surface area is 113 Å². The molecular formula is C12H20O6S. The lowest BCUT2D eigenvalue weighted by Crippen LogP contribution is -2.41. The highest BCUT2D eigenvalue weighted by Gasteiger charge is 2.55. The summed E-state index contributed by atoms with van der Waals surface area (Å²) >= 11 is 0. The lowest BCUT2D eigenvalue weighted by molar-refractivity contribution is -0.171. The molecule has 0 amide bonds. The van der Waals surface area contributed by atoms with Gasteiger partial charge in [-0.15, -0.1) is 0 Å². The van der Waals surface area contributed by atoms with Gasteiger partial charge >= 0.3 is 11.9 Å². The van der Waals surface area contributed by atoms with E-state index < -0.39 is 32.4 Å². The van der Waals surface area contributed by atoms with Crippen molar-refractivity contribution in [1.82, 2.24) is 0 Å². The summed E-state index contributed by atoms with van der Waals surface area (Å²) in [5.74, 6) is -1.36. The largest absolute Gasteiger partial charge is 0.465 e. The molecule has 0 aromatic carbocycles. The van der Waals surface area contributed by atoms with E-state index >= 15 is 0 Å². The molecule has 110 valence electrons. The standard InChI is InChI=1S/C12H20O6S/c1-4-17-10(13)12(11(14)18-5-2)7-6-9(8-12)19(3,15)16/h9H,4-8H2,1-3H3. The van der Waals surface area contributed by atoms with E-state index in [1.54, 1.807) is 13.8 Å². The fourth-order valence-electron chi connectivity index (χ4n) is 2.36. The number of esters is 2. The zero-order chi connectivity index (χ0) is 14.7. The lowest BCUT2D eigenvalue weighted by atomic mass is 9.86. The van der Waals surface area contributed by atoms with E-state index in [2.05, 4.69) is 0 Å². The molecular weight excluding hydrogens is 272 g/mol. The molecule has 0 N–H and O–H groups in total. The van der Waals surface area contributed by atoms with Gasteiger partial charge in [0, 0.05) is 6.26 Å². The van der Waals surface area contributed by atoms with Gasteiger partial charge in [0.15, 0.2) is 5.41 Å². The van der Waals surface area contributed by atoms with Crippen LogP contribution < -0.4 is 0 Å². The minimum Gasteiger partial charge on any atom is -0.465 e. The fraction of sp³-hybridized carbons (Fsp3) is 0.833. The van der Waals surface area contributed by atoms with Crippen LogP contribution in [0.5, 0.6) is 0 Å². The summed E-state index contributed by atoms with van der Waals surface area (Å²) in [6.45, 7) is 3.56. The zero-order valence-corrected chi connectivity index (χ0v) is 12.3. The highest BCUT2D eigenvalue weighted by molar-refractivity contribution is 7.91. The van der Waals surface area contributed by atoms with Gasteiger partial charge in [0.25, 0.3) is 0 Å². The molecule has 1 fully saturated rings. The van der Waals surface area contributed by atoms with Gasteiger partial charge in [0.05, 0.1) is 18.5 Å².